The Morgan fingerprint density at radius 2 is 2.00 bits per heavy atom. The van der Waals surface area contributed by atoms with Gasteiger partial charge in [0, 0.05) is 38.8 Å². The molecule has 23 heavy (non-hydrogen) atoms. The van der Waals surface area contributed by atoms with Crippen LogP contribution in [0.15, 0.2) is 24.3 Å². The van der Waals surface area contributed by atoms with Gasteiger partial charge in [0.2, 0.25) is 5.91 Å². The molecular formula is C18H28N2O3. The van der Waals surface area contributed by atoms with E-state index in [1.54, 1.807) is 4.90 Å². The molecule has 2 rings (SSSR count). The van der Waals surface area contributed by atoms with Crippen molar-refractivity contribution in [1.82, 2.24) is 4.90 Å². The minimum atomic E-state index is -0.588. The van der Waals surface area contributed by atoms with Gasteiger partial charge in [0.25, 0.3) is 0 Å². The standard InChI is InChI=1S/C18H28N2O3/c1-18(2,3)23-13-15(21)12-20-10-9-17(22)19(4)11-14-7-5-6-8-16(14)20/h5-8,15,21H,9-13H2,1-4H3. The fourth-order valence-electron chi connectivity index (χ4n) is 2.68. The van der Waals surface area contributed by atoms with E-state index >= 15 is 0 Å². The predicted molar refractivity (Wildman–Crippen MR) is 91.5 cm³/mol. The second-order valence-electron chi connectivity index (χ2n) is 7.15. The van der Waals surface area contributed by atoms with Gasteiger partial charge in [-0.25, -0.2) is 0 Å². The van der Waals surface area contributed by atoms with Crippen molar-refractivity contribution in [2.75, 3.05) is 31.6 Å². The first-order valence-corrected chi connectivity index (χ1v) is 8.15. The van der Waals surface area contributed by atoms with Crippen LogP contribution in [0, 0.1) is 0 Å². The lowest BCUT2D eigenvalue weighted by Gasteiger charge is -2.33. The summed E-state index contributed by atoms with van der Waals surface area (Å²) in [6, 6.07) is 8.06. The molecule has 5 nitrogen and oxygen atoms in total. The van der Waals surface area contributed by atoms with Crippen molar-refractivity contribution >= 4 is 11.6 Å². The Balaban J connectivity index is 2.11. The van der Waals surface area contributed by atoms with Gasteiger partial charge in [-0.2, -0.15) is 0 Å². The van der Waals surface area contributed by atoms with E-state index < -0.39 is 6.10 Å². The first kappa shape index (κ1) is 17.8. The van der Waals surface area contributed by atoms with Gasteiger partial charge in [0.15, 0.2) is 0 Å². The van der Waals surface area contributed by atoms with Crippen molar-refractivity contribution in [3.05, 3.63) is 29.8 Å². The number of benzene rings is 1. The summed E-state index contributed by atoms with van der Waals surface area (Å²) in [4.78, 5) is 15.9. The number of carbonyl (C=O) groups is 1. The van der Waals surface area contributed by atoms with E-state index in [0.29, 0.717) is 26.1 Å². The number of para-hydroxylation sites is 1. The second kappa shape index (κ2) is 7.32. The maximum absolute atomic E-state index is 12.1. The minimum Gasteiger partial charge on any atom is -0.389 e. The molecular weight excluding hydrogens is 292 g/mol. The molecule has 1 aromatic rings. The molecule has 1 heterocycles. The predicted octanol–water partition coefficient (Wildman–Crippen LogP) is 2.03. The number of aliphatic hydroxyl groups is 1. The summed E-state index contributed by atoms with van der Waals surface area (Å²) in [5.74, 6) is 0.130. The van der Waals surface area contributed by atoms with Crippen molar-refractivity contribution < 1.29 is 14.6 Å². The molecule has 0 aliphatic carbocycles. The van der Waals surface area contributed by atoms with Crippen LogP contribution in [0.5, 0.6) is 0 Å². The highest BCUT2D eigenvalue weighted by atomic mass is 16.5. The Hall–Kier alpha value is -1.59. The van der Waals surface area contributed by atoms with Gasteiger partial charge in [-0.1, -0.05) is 18.2 Å². The molecule has 1 amide bonds. The van der Waals surface area contributed by atoms with Crippen molar-refractivity contribution in [1.29, 1.82) is 0 Å². The normalized spacial score (nSPS) is 17.5. The molecule has 1 aromatic carbocycles. The maximum Gasteiger partial charge on any atom is 0.224 e. The number of rotatable bonds is 4. The summed E-state index contributed by atoms with van der Waals surface area (Å²) >= 11 is 0. The molecule has 1 aliphatic heterocycles. The van der Waals surface area contributed by atoms with Crippen LogP contribution in [0.25, 0.3) is 0 Å². The number of hydrogen-bond donors (Lipinski definition) is 1. The zero-order chi connectivity index (χ0) is 17.0. The molecule has 1 atom stereocenters. The molecule has 0 fully saturated rings. The fourth-order valence-corrected chi connectivity index (χ4v) is 2.68. The summed E-state index contributed by atoms with van der Waals surface area (Å²) in [5, 5.41) is 10.3. The van der Waals surface area contributed by atoms with E-state index in [1.165, 1.54) is 0 Å². The van der Waals surface area contributed by atoms with Crippen LogP contribution in [0.3, 0.4) is 0 Å². The SMILES string of the molecule is CN1Cc2ccccc2N(CC(O)COC(C)(C)C)CCC1=O. The second-order valence-corrected chi connectivity index (χ2v) is 7.15. The minimum absolute atomic E-state index is 0.130. The number of ether oxygens (including phenoxy) is 1. The number of carbonyl (C=O) groups excluding carboxylic acids is 1. The van der Waals surface area contributed by atoms with E-state index in [2.05, 4.69) is 11.0 Å². The number of anilines is 1. The fraction of sp³-hybridized carbons (Fsp3) is 0.611. The first-order chi connectivity index (χ1) is 10.8. The molecule has 0 radical (unpaired) electrons. The molecule has 1 N–H and O–H groups in total. The first-order valence-electron chi connectivity index (χ1n) is 8.15. The number of β-amino-alcohol motifs (C(OH)–C–C–N with tert-alkyl or cyclic N) is 1. The number of fused-ring (bicyclic) bond motifs is 1. The lowest BCUT2D eigenvalue weighted by molar-refractivity contribution is -0.130. The highest BCUT2D eigenvalue weighted by Gasteiger charge is 2.22. The van der Waals surface area contributed by atoms with Gasteiger partial charge in [0.05, 0.1) is 18.3 Å². The Morgan fingerprint density at radius 1 is 1.30 bits per heavy atom. The molecule has 1 aliphatic rings. The number of nitrogens with zero attached hydrogens (tertiary/aromatic N) is 2. The average Bonchev–Trinajstić information content (AvgIpc) is 2.48. The van der Waals surface area contributed by atoms with Gasteiger partial charge in [-0.3, -0.25) is 4.79 Å². The molecule has 0 spiro atoms. The van der Waals surface area contributed by atoms with Crippen LogP contribution in [0.4, 0.5) is 5.69 Å². The summed E-state index contributed by atoms with van der Waals surface area (Å²) in [6.45, 7) is 7.87. The largest absolute Gasteiger partial charge is 0.389 e. The third-order valence-corrected chi connectivity index (χ3v) is 3.90. The van der Waals surface area contributed by atoms with Crippen LogP contribution in [-0.2, 0) is 16.1 Å². The van der Waals surface area contributed by atoms with Crippen LogP contribution in [-0.4, -0.2) is 54.4 Å². The van der Waals surface area contributed by atoms with Crippen molar-refractivity contribution in [3.8, 4) is 0 Å². The van der Waals surface area contributed by atoms with E-state index in [1.807, 2.05) is 46.0 Å². The van der Waals surface area contributed by atoms with Gasteiger partial charge < -0.3 is 19.6 Å². The van der Waals surface area contributed by atoms with Crippen molar-refractivity contribution in [2.24, 2.45) is 0 Å². The summed E-state index contributed by atoms with van der Waals surface area (Å²) in [7, 11) is 1.83. The third kappa shape index (κ3) is 5.22. The van der Waals surface area contributed by atoms with Crippen molar-refractivity contribution in [2.45, 2.75) is 45.4 Å². The number of aliphatic hydroxyl groups excluding tert-OH is 1. The highest BCUT2D eigenvalue weighted by molar-refractivity contribution is 5.77. The Kier molecular flexibility index (Phi) is 5.65. The maximum atomic E-state index is 12.1. The van der Waals surface area contributed by atoms with Gasteiger partial charge in [0.1, 0.15) is 0 Å². The quantitative estimate of drug-likeness (QED) is 0.922. The van der Waals surface area contributed by atoms with E-state index in [4.69, 9.17) is 4.74 Å². The molecule has 5 heteroatoms. The van der Waals surface area contributed by atoms with Crippen LogP contribution >= 0.6 is 0 Å². The topological polar surface area (TPSA) is 53.0 Å². The summed E-state index contributed by atoms with van der Waals surface area (Å²) in [6.07, 6.45) is -0.132. The van der Waals surface area contributed by atoms with Gasteiger partial charge >= 0.3 is 0 Å². The molecule has 0 saturated carbocycles. The Labute approximate surface area is 138 Å². The molecule has 128 valence electrons. The molecule has 0 saturated heterocycles. The lowest BCUT2D eigenvalue weighted by Crippen LogP contribution is -2.41. The van der Waals surface area contributed by atoms with Crippen LogP contribution < -0.4 is 4.90 Å². The van der Waals surface area contributed by atoms with Crippen LogP contribution in [0.2, 0.25) is 0 Å². The monoisotopic (exact) mass is 320 g/mol. The summed E-state index contributed by atoms with van der Waals surface area (Å²) in [5.41, 5.74) is 1.92. The summed E-state index contributed by atoms with van der Waals surface area (Å²) < 4.78 is 5.66. The smallest absolute Gasteiger partial charge is 0.224 e. The van der Waals surface area contributed by atoms with Gasteiger partial charge in [-0.15, -0.1) is 0 Å². The number of amides is 1. The van der Waals surface area contributed by atoms with Gasteiger partial charge in [-0.05, 0) is 32.4 Å². The van der Waals surface area contributed by atoms with Crippen LogP contribution in [0.1, 0.15) is 32.8 Å². The zero-order valence-corrected chi connectivity index (χ0v) is 14.6. The highest BCUT2D eigenvalue weighted by Crippen LogP contribution is 2.24. The van der Waals surface area contributed by atoms with E-state index in [0.717, 1.165) is 11.3 Å². The number of hydrogen-bond acceptors (Lipinski definition) is 4. The molecule has 1 unspecified atom stereocenters. The van der Waals surface area contributed by atoms with E-state index in [-0.39, 0.29) is 18.1 Å². The van der Waals surface area contributed by atoms with Crippen molar-refractivity contribution in [3.63, 3.8) is 0 Å². The Morgan fingerprint density at radius 3 is 2.70 bits per heavy atom. The zero-order valence-electron chi connectivity index (χ0n) is 14.6. The molecule has 0 aromatic heterocycles. The third-order valence-electron chi connectivity index (χ3n) is 3.90. The molecule has 0 bridgehead atoms. The van der Waals surface area contributed by atoms with E-state index in [9.17, 15) is 9.90 Å². The average molecular weight is 320 g/mol. The lowest BCUT2D eigenvalue weighted by atomic mass is 10.1. The Bertz CT molecular complexity index is 539.